The van der Waals surface area contributed by atoms with Gasteiger partial charge in [0.15, 0.2) is 0 Å². The van der Waals surface area contributed by atoms with E-state index in [0.29, 0.717) is 6.54 Å². The summed E-state index contributed by atoms with van der Waals surface area (Å²) < 4.78 is 5.24. The molecule has 0 amide bonds. The number of morpholine rings is 1. The largest absolute Gasteiger partial charge is 0.379 e. The van der Waals surface area contributed by atoms with Gasteiger partial charge in [0.2, 0.25) is 11.8 Å². The van der Waals surface area contributed by atoms with Crippen LogP contribution >= 0.6 is 0 Å². The van der Waals surface area contributed by atoms with Crippen LogP contribution in [-0.4, -0.2) is 59.2 Å². The van der Waals surface area contributed by atoms with Crippen LogP contribution in [0.25, 0.3) is 0 Å². The number of hydrogen-bond acceptors (Lipinski definition) is 8. The summed E-state index contributed by atoms with van der Waals surface area (Å²) in [6.07, 6.45) is 1.11. The molecule has 0 atom stereocenters. The molecule has 104 valence electrons. The number of hydrogen-bond donors (Lipinski definition) is 2. The summed E-state index contributed by atoms with van der Waals surface area (Å²) in [5.74, 6) is 0.172. The fourth-order valence-corrected chi connectivity index (χ4v) is 1.81. The van der Waals surface area contributed by atoms with Gasteiger partial charge in [-0.1, -0.05) is 0 Å². The average Bonchev–Trinajstić information content (AvgIpc) is 2.39. The normalized spacial score (nSPS) is 16.2. The number of rotatable bonds is 5. The maximum atomic E-state index is 10.8. The summed E-state index contributed by atoms with van der Waals surface area (Å²) in [6.45, 7) is 4.51. The molecule has 9 nitrogen and oxygen atoms in total. The minimum absolute atomic E-state index is 0.0134. The van der Waals surface area contributed by atoms with Gasteiger partial charge < -0.3 is 15.8 Å². The van der Waals surface area contributed by atoms with E-state index in [0.717, 1.165) is 39.0 Å². The Bertz CT molecular complexity index is 449. The van der Waals surface area contributed by atoms with Gasteiger partial charge >= 0.3 is 5.69 Å². The summed E-state index contributed by atoms with van der Waals surface area (Å²) in [5, 5.41) is 13.7. The van der Waals surface area contributed by atoms with Crippen LogP contribution in [0.3, 0.4) is 0 Å². The van der Waals surface area contributed by atoms with Crippen LogP contribution in [0.2, 0.25) is 0 Å². The zero-order chi connectivity index (χ0) is 13.7. The Labute approximate surface area is 109 Å². The molecule has 19 heavy (non-hydrogen) atoms. The Hall–Kier alpha value is -2.00. The van der Waals surface area contributed by atoms with Crippen molar-refractivity contribution in [3.05, 3.63) is 16.3 Å². The summed E-state index contributed by atoms with van der Waals surface area (Å²) in [6, 6.07) is 0. The fraction of sp³-hybridized carbons (Fsp3) is 0.600. The smallest absolute Gasteiger partial charge is 0.329 e. The van der Waals surface area contributed by atoms with Gasteiger partial charge in [-0.2, -0.15) is 4.98 Å². The Balaban J connectivity index is 1.91. The van der Waals surface area contributed by atoms with E-state index in [1.165, 1.54) is 0 Å². The summed E-state index contributed by atoms with van der Waals surface area (Å²) >= 11 is 0. The lowest BCUT2D eigenvalue weighted by Crippen LogP contribution is -2.39. The lowest BCUT2D eigenvalue weighted by Gasteiger charge is -2.26. The highest BCUT2D eigenvalue weighted by molar-refractivity contribution is 5.56. The van der Waals surface area contributed by atoms with Crippen LogP contribution in [0.4, 0.5) is 17.5 Å². The van der Waals surface area contributed by atoms with E-state index < -0.39 is 4.92 Å². The van der Waals surface area contributed by atoms with Crippen molar-refractivity contribution in [2.75, 3.05) is 50.4 Å². The molecule has 0 aromatic carbocycles. The minimum atomic E-state index is -0.531. The molecule has 2 rings (SSSR count). The molecular formula is C10H16N6O3. The number of anilines is 2. The first kappa shape index (κ1) is 13.4. The molecule has 0 saturated carbocycles. The first-order valence-corrected chi connectivity index (χ1v) is 5.97. The van der Waals surface area contributed by atoms with Gasteiger partial charge in [-0.15, -0.1) is 0 Å². The predicted molar refractivity (Wildman–Crippen MR) is 68.8 cm³/mol. The number of nitrogens with one attached hydrogen (secondary N) is 1. The van der Waals surface area contributed by atoms with Crippen LogP contribution < -0.4 is 11.1 Å². The molecule has 1 aromatic heterocycles. The number of nitrogens with zero attached hydrogens (tertiary/aromatic N) is 4. The van der Waals surface area contributed by atoms with E-state index in [1.807, 2.05) is 0 Å². The van der Waals surface area contributed by atoms with Crippen molar-refractivity contribution >= 4 is 17.5 Å². The standard InChI is InChI=1S/C10H16N6O3/c11-10-13-7-8(16(17)18)9(14-10)12-1-2-15-3-5-19-6-4-15/h7H,1-6H2,(H3,11,12,13,14). The van der Waals surface area contributed by atoms with E-state index in [1.54, 1.807) is 0 Å². The molecular weight excluding hydrogens is 252 g/mol. The molecule has 0 aliphatic carbocycles. The molecule has 9 heteroatoms. The molecule has 1 aliphatic rings. The SMILES string of the molecule is Nc1ncc([N+](=O)[O-])c(NCCN2CCOCC2)n1. The Morgan fingerprint density at radius 3 is 2.95 bits per heavy atom. The second-order valence-corrected chi connectivity index (χ2v) is 4.10. The Morgan fingerprint density at radius 1 is 1.53 bits per heavy atom. The van der Waals surface area contributed by atoms with Crippen LogP contribution in [0.5, 0.6) is 0 Å². The number of ether oxygens (including phenoxy) is 1. The van der Waals surface area contributed by atoms with Gasteiger partial charge in [-0.3, -0.25) is 15.0 Å². The van der Waals surface area contributed by atoms with Gasteiger partial charge in [0.1, 0.15) is 6.20 Å². The van der Waals surface area contributed by atoms with Crippen molar-refractivity contribution in [1.29, 1.82) is 0 Å². The predicted octanol–water partition coefficient (Wildman–Crippen LogP) is -0.289. The third kappa shape index (κ3) is 3.73. The van der Waals surface area contributed by atoms with Crippen molar-refractivity contribution in [3.8, 4) is 0 Å². The van der Waals surface area contributed by atoms with Gasteiger partial charge in [0, 0.05) is 26.2 Å². The highest BCUT2D eigenvalue weighted by Gasteiger charge is 2.17. The number of nitrogen functional groups attached to an aromatic ring is 1. The summed E-state index contributed by atoms with van der Waals surface area (Å²) in [4.78, 5) is 20.0. The van der Waals surface area contributed by atoms with Crippen molar-refractivity contribution in [2.45, 2.75) is 0 Å². The lowest BCUT2D eigenvalue weighted by atomic mass is 10.4. The van der Waals surface area contributed by atoms with E-state index in [4.69, 9.17) is 10.5 Å². The van der Waals surface area contributed by atoms with Gasteiger partial charge in [-0.25, -0.2) is 4.98 Å². The van der Waals surface area contributed by atoms with Crippen molar-refractivity contribution in [2.24, 2.45) is 0 Å². The Kier molecular flexibility index (Phi) is 4.42. The average molecular weight is 268 g/mol. The van der Waals surface area contributed by atoms with E-state index >= 15 is 0 Å². The number of nitro groups is 1. The van der Waals surface area contributed by atoms with E-state index in [-0.39, 0.29) is 17.5 Å². The second-order valence-electron chi connectivity index (χ2n) is 4.10. The zero-order valence-electron chi connectivity index (χ0n) is 10.4. The topological polar surface area (TPSA) is 119 Å². The maximum absolute atomic E-state index is 10.8. The van der Waals surface area contributed by atoms with Crippen molar-refractivity contribution < 1.29 is 9.66 Å². The van der Waals surface area contributed by atoms with Crippen LogP contribution in [0.1, 0.15) is 0 Å². The highest BCUT2D eigenvalue weighted by atomic mass is 16.6. The first-order valence-electron chi connectivity index (χ1n) is 5.97. The molecule has 1 saturated heterocycles. The zero-order valence-corrected chi connectivity index (χ0v) is 10.4. The third-order valence-corrected chi connectivity index (χ3v) is 2.81. The number of nitrogens with two attached hydrogens (primary N) is 1. The quantitative estimate of drug-likeness (QED) is 0.552. The molecule has 1 aliphatic heterocycles. The van der Waals surface area contributed by atoms with Crippen LogP contribution in [-0.2, 0) is 4.74 Å². The molecule has 3 N–H and O–H groups in total. The van der Waals surface area contributed by atoms with Gasteiger partial charge in [0.05, 0.1) is 18.1 Å². The first-order chi connectivity index (χ1) is 9.16. The highest BCUT2D eigenvalue weighted by Crippen LogP contribution is 2.20. The third-order valence-electron chi connectivity index (χ3n) is 2.81. The van der Waals surface area contributed by atoms with Crippen molar-refractivity contribution in [3.63, 3.8) is 0 Å². The summed E-state index contributed by atoms with van der Waals surface area (Å²) in [7, 11) is 0. The number of aromatic nitrogens is 2. The van der Waals surface area contributed by atoms with E-state index in [9.17, 15) is 10.1 Å². The van der Waals surface area contributed by atoms with Gasteiger partial charge in [-0.05, 0) is 0 Å². The molecule has 0 spiro atoms. The molecule has 0 bridgehead atoms. The lowest BCUT2D eigenvalue weighted by molar-refractivity contribution is -0.384. The molecule has 1 aromatic rings. The van der Waals surface area contributed by atoms with Crippen LogP contribution in [0, 0.1) is 10.1 Å². The molecule has 2 heterocycles. The molecule has 1 fully saturated rings. The molecule has 0 radical (unpaired) electrons. The molecule has 0 unspecified atom stereocenters. The van der Waals surface area contributed by atoms with Crippen molar-refractivity contribution in [1.82, 2.24) is 14.9 Å². The second kappa shape index (κ2) is 6.25. The summed E-state index contributed by atoms with van der Waals surface area (Å²) in [5.41, 5.74) is 5.26. The monoisotopic (exact) mass is 268 g/mol. The van der Waals surface area contributed by atoms with Gasteiger partial charge in [0.25, 0.3) is 0 Å². The fourth-order valence-electron chi connectivity index (χ4n) is 1.81. The Morgan fingerprint density at radius 2 is 2.26 bits per heavy atom. The van der Waals surface area contributed by atoms with E-state index in [2.05, 4.69) is 20.2 Å². The van der Waals surface area contributed by atoms with Crippen LogP contribution in [0.15, 0.2) is 6.20 Å². The maximum Gasteiger partial charge on any atom is 0.329 e. The minimum Gasteiger partial charge on any atom is -0.379 e.